The Morgan fingerprint density at radius 3 is 2.81 bits per heavy atom. The van der Waals surface area contributed by atoms with Crippen LogP contribution >= 0.6 is 0 Å². The fourth-order valence-corrected chi connectivity index (χ4v) is 2.04. The minimum Gasteiger partial charge on any atom is -0.307 e. The van der Waals surface area contributed by atoms with Crippen LogP contribution in [0.25, 0.3) is 11.3 Å². The Morgan fingerprint density at radius 1 is 1.00 bits per heavy atom. The molecule has 0 aliphatic carbocycles. The predicted octanol–water partition coefficient (Wildman–Crippen LogP) is 2.05. The number of hydrogen-bond donors (Lipinski definition) is 1. The molecule has 0 bridgehead atoms. The Labute approximate surface area is 119 Å². The molecular weight excluding hydrogens is 266 g/mol. The van der Waals surface area contributed by atoms with E-state index in [4.69, 9.17) is 0 Å². The smallest absolute Gasteiger partial charge is 0.248 e. The molecule has 0 atom stereocenters. The van der Waals surface area contributed by atoms with E-state index in [2.05, 4.69) is 25.5 Å². The van der Waals surface area contributed by atoms with Gasteiger partial charge >= 0.3 is 0 Å². The van der Waals surface area contributed by atoms with E-state index in [1.165, 1.54) is 0 Å². The number of nitrogens with zero attached hydrogens (tertiary/aromatic N) is 6. The molecule has 0 aliphatic rings. The van der Waals surface area contributed by atoms with Gasteiger partial charge in [-0.2, -0.15) is 10.1 Å². The summed E-state index contributed by atoms with van der Waals surface area (Å²) in [5.41, 5.74) is 1.67. The van der Waals surface area contributed by atoms with Crippen molar-refractivity contribution in [2.45, 2.75) is 0 Å². The molecule has 4 aromatic heterocycles. The maximum Gasteiger partial charge on any atom is 0.248 e. The average molecular weight is 277 g/mol. The summed E-state index contributed by atoms with van der Waals surface area (Å²) >= 11 is 0. The van der Waals surface area contributed by atoms with Crippen molar-refractivity contribution >= 4 is 17.4 Å². The summed E-state index contributed by atoms with van der Waals surface area (Å²) in [5, 5.41) is 11.6. The van der Waals surface area contributed by atoms with Crippen molar-refractivity contribution in [2.24, 2.45) is 0 Å². The predicted molar refractivity (Wildman–Crippen MR) is 77.6 cm³/mol. The van der Waals surface area contributed by atoms with E-state index in [0.29, 0.717) is 11.8 Å². The van der Waals surface area contributed by atoms with Gasteiger partial charge in [-0.25, -0.2) is 14.2 Å². The van der Waals surface area contributed by atoms with E-state index in [0.717, 1.165) is 11.3 Å². The molecule has 4 rings (SSSR count). The Morgan fingerprint density at radius 2 is 2.00 bits per heavy atom. The van der Waals surface area contributed by atoms with Crippen LogP contribution in [0.3, 0.4) is 0 Å². The van der Waals surface area contributed by atoms with Gasteiger partial charge in [0.05, 0.1) is 5.69 Å². The molecule has 0 saturated heterocycles. The Hall–Kier alpha value is -3.22. The third kappa shape index (κ3) is 2.20. The van der Waals surface area contributed by atoms with Gasteiger partial charge < -0.3 is 5.32 Å². The second-order valence-corrected chi connectivity index (χ2v) is 4.41. The van der Waals surface area contributed by atoms with Crippen molar-refractivity contribution in [1.29, 1.82) is 0 Å². The largest absolute Gasteiger partial charge is 0.307 e. The Bertz CT molecular complexity index is 865. The molecule has 0 amide bonds. The summed E-state index contributed by atoms with van der Waals surface area (Å²) in [6.45, 7) is 0. The van der Waals surface area contributed by atoms with Crippen LogP contribution in [0.5, 0.6) is 0 Å². The summed E-state index contributed by atoms with van der Waals surface area (Å²) in [6.07, 6.45) is 7.19. The number of nitrogens with one attached hydrogen (secondary N) is 1. The maximum atomic E-state index is 4.44. The number of fused-ring (bicyclic) bond motifs is 1. The molecule has 102 valence electrons. The van der Waals surface area contributed by atoms with Gasteiger partial charge in [-0.05, 0) is 24.3 Å². The van der Waals surface area contributed by atoms with E-state index in [1.54, 1.807) is 21.6 Å². The SMILES string of the molecule is c1ccc(Nc2nc3cc(-n4cccn4)ccn3n2)nc1. The lowest BCUT2D eigenvalue weighted by molar-refractivity contribution is 0.870. The topological polar surface area (TPSA) is 72.9 Å². The van der Waals surface area contributed by atoms with Crippen LogP contribution in [-0.4, -0.2) is 29.4 Å². The van der Waals surface area contributed by atoms with Crippen molar-refractivity contribution in [1.82, 2.24) is 29.4 Å². The normalized spacial score (nSPS) is 10.9. The molecule has 7 heteroatoms. The number of pyridine rings is 2. The molecule has 0 aliphatic heterocycles. The molecule has 21 heavy (non-hydrogen) atoms. The third-order valence-corrected chi connectivity index (χ3v) is 2.99. The van der Waals surface area contributed by atoms with E-state index in [1.807, 2.05) is 48.8 Å². The molecule has 7 nitrogen and oxygen atoms in total. The highest BCUT2D eigenvalue weighted by Gasteiger charge is 2.06. The number of rotatable bonds is 3. The monoisotopic (exact) mass is 277 g/mol. The van der Waals surface area contributed by atoms with Gasteiger partial charge in [-0.15, -0.1) is 5.10 Å². The van der Waals surface area contributed by atoms with E-state index < -0.39 is 0 Å². The molecule has 0 saturated carbocycles. The first kappa shape index (κ1) is 11.6. The van der Waals surface area contributed by atoms with Gasteiger partial charge in [0.25, 0.3) is 0 Å². The third-order valence-electron chi connectivity index (χ3n) is 2.99. The number of aromatic nitrogens is 6. The molecule has 1 N–H and O–H groups in total. The zero-order valence-electron chi connectivity index (χ0n) is 11.0. The standard InChI is InChI=1S/C14H11N7/c1-2-6-15-12(4-1)17-14-18-13-10-11(5-9-21(13)19-14)20-8-3-7-16-20/h1-10H,(H,15,17,19). The highest BCUT2D eigenvalue weighted by molar-refractivity contribution is 5.54. The molecular formula is C14H11N7. The second kappa shape index (κ2) is 4.71. The lowest BCUT2D eigenvalue weighted by Gasteiger charge is -2.00. The zero-order chi connectivity index (χ0) is 14.1. The zero-order valence-corrected chi connectivity index (χ0v) is 11.0. The van der Waals surface area contributed by atoms with Gasteiger partial charge in [0.15, 0.2) is 5.65 Å². The van der Waals surface area contributed by atoms with Crippen molar-refractivity contribution in [2.75, 3.05) is 5.32 Å². The van der Waals surface area contributed by atoms with Gasteiger partial charge in [0.2, 0.25) is 5.95 Å². The van der Waals surface area contributed by atoms with Crippen LogP contribution in [0.4, 0.5) is 11.8 Å². The first-order valence-electron chi connectivity index (χ1n) is 6.43. The summed E-state index contributed by atoms with van der Waals surface area (Å²) < 4.78 is 3.48. The Balaban J connectivity index is 1.70. The summed E-state index contributed by atoms with van der Waals surface area (Å²) in [4.78, 5) is 8.63. The highest BCUT2D eigenvalue weighted by atomic mass is 15.4. The molecule has 0 spiro atoms. The molecule has 0 radical (unpaired) electrons. The van der Waals surface area contributed by atoms with Crippen molar-refractivity contribution < 1.29 is 0 Å². The molecule has 0 aromatic carbocycles. The fraction of sp³-hybridized carbons (Fsp3) is 0. The minimum atomic E-state index is 0.506. The van der Waals surface area contributed by atoms with Crippen molar-refractivity contribution in [3.8, 4) is 5.69 Å². The summed E-state index contributed by atoms with van der Waals surface area (Å²) in [5.74, 6) is 1.21. The molecule has 0 unspecified atom stereocenters. The van der Waals surface area contributed by atoms with Gasteiger partial charge in [0, 0.05) is 30.9 Å². The average Bonchev–Trinajstić information content (AvgIpc) is 3.16. The first-order valence-corrected chi connectivity index (χ1v) is 6.43. The maximum absolute atomic E-state index is 4.44. The number of hydrogen-bond acceptors (Lipinski definition) is 5. The van der Waals surface area contributed by atoms with Gasteiger partial charge in [0.1, 0.15) is 5.82 Å². The van der Waals surface area contributed by atoms with Gasteiger partial charge in [-0.3, -0.25) is 0 Å². The van der Waals surface area contributed by atoms with E-state index in [9.17, 15) is 0 Å². The lowest BCUT2D eigenvalue weighted by atomic mass is 10.4. The quantitative estimate of drug-likeness (QED) is 0.620. The van der Waals surface area contributed by atoms with Crippen LogP contribution in [0.15, 0.2) is 61.2 Å². The molecule has 4 heterocycles. The first-order chi connectivity index (χ1) is 10.4. The van der Waals surface area contributed by atoms with Crippen LogP contribution in [0.1, 0.15) is 0 Å². The van der Waals surface area contributed by atoms with Crippen LogP contribution in [-0.2, 0) is 0 Å². The lowest BCUT2D eigenvalue weighted by Crippen LogP contribution is -1.96. The highest BCUT2D eigenvalue weighted by Crippen LogP contribution is 2.14. The minimum absolute atomic E-state index is 0.506. The van der Waals surface area contributed by atoms with Crippen LogP contribution in [0.2, 0.25) is 0 Å². The summed E-state index contributed by atoms with van der Waals surface area (Å²) in [6, 6.07) is 11.4. The van der Waals surface area contributed by atoms with Crippen molar-refractivity contribution in [3.63, 3.8) is 0 Å². The van der Waals surface area contributed by atoms with E-state index in [-0.39, 0.29) is 0 Å². The Kier molecular flexibility index (Phi) is 2.60. The molecule has 0 fully saturated rings. The van der Waals surface area contributed by atoms with Crippen LogP contribution < -0.4 is 5.32 Å². The van der Waals surface area contributed by atoms with Gasteiger partial charge in [-0.1, -0.05) is 6.07 Å². The number of anilines is 2. The van der Waals surface area contributed by atoms with E-state index >= 15 is 0 Å². The second-order valence-electron chi connectivity index (χ2n) is 4.41. The summed E-state index contributed by atoms with van der Waals surface area (Å²) in [7, 11) is 0. The fourth-order valence-electron chi connectivity index (χ4n) is 2.04. The molecule has 4 aromatic rings. The van der Waals surface area contributed by atoms with Crippen molar-refractivity contribution in [3.05, 3.63) is 61.2 Å². The van der Waals surface area contributed by atoms with Crippen LogP contribution in [0, 0.1) is 0 Å².